The van der Waals surface area contributed by atoms with Crippen LogP contribution >= 0.6 is 0 Å². The molecule has 0 rings (SSSR count). The molecule has 0 saturated carbocycles. The maximum Gasteiger partial charge on any atom is 0.0512 e. The largest absolute Gasteiger partial charge is 0.393 e. The van der Waals surface area contributed by atoms with Crippen molar-refractivity contribution in [2.45, 2.75) is 38.7 Å². The van der Waals surface area contributed by atoms with Crippen molar-refractivity contribution < 1.29 is 5.11 Å². The number of aliphatic hydroxyl groups excluding tert-OH is 1. The Hall–Kier alpha value is -0.480. The van der Waals surface area contributed by atoms with Crippen molar-refractivity contribution >= 4 is 0 Å². The summed E-state index contributed by atoms with van der Waals surface area (Å²) in [5, 5.41) is 8.80. The maximum absolute atomic E-state index is 8.80. The summed E-state index contributed by atoms with van der Waals surface area (Å²) >= 11 is 0. The molecule has 0 bridgehead atoms. The van der Waals surface area contributed by atoms with E-state index in [-0.39, 0.29) is 6.10 Å². The van der Waals surface area contributed by atoms with E-state index in [4.69, 9.17) is 11.5 Å². The third-order valence-electron chi connectivity index (χ3n) is 1.19. The highest BCUT2D eigenvalue weighted by molar-refractivity contribution is 4.82. The van der Waals surface area contributed by atoms with E-state index >= 15 is 0 Å². The van der Waals surface area contributed by atoms with Crippen LogP contribution in [0.25, 0.3) is 0 Å². The van der Waals surface area contributed by atoms with Crippen LogP contribution in [0.4, 0.5) is 0 Å². The van der Waals surface area contributed by atoms with Crippen LogP contribution in [0, 0.1) is 12.3 Å². The molecule has 9 heavy (non-hydrogen) atoms. The summed E-state index contributed by atoms with van der Waals surface area (Å²) in [5.41, 5.74) is 0. The van der Waals surface area contributed by atoms with Gasteiger partial charge in [0.1, 0.15) is 0 Å². The minimum Gasteiger partial charge on any atom is -0.393 e. The zero-order chi connectivity index (χ0) is 7.11. The van der Waals surface area contributed by atoms with Crippen molar-refractivity contribution in [2.75, 3.05) is 0 Å². The van der Waals surface area contributed by atoms with Crippen LogP contribution in [-0.4, -0.2) is 11.2 Å². The Morgan fingerprint density at radius 1 is 1.56 bits per heavy atom. The quantitative estimate of drug-likeness (QED) is 0.447. The Morgan fingerprint density at radius 3 is 2.67 bits per heavy atom. The zero-order valence-corrected chi connectivity index (χ0v) is 5.93. The van der Waals surface area contributed by atoms with Crippen LogP contribution in [0.2, 0.25) is 0 Å². The molecule has 0 radical (unpaired) electrons. The molecule has 0 saturated heterocycles. The number of terminal acetylenes is 1. The summed E-state index contributed by atoms with van der Waals surface area (Å²) in [6.07, 6.45) is 8.67. The van der Waals surface area contributed by atoms with E-state index < -0.39 is 0 Å². The standard InChI is InChI=1S/C8H14O/c1-3-4-5-6-7-8(2)9/h1,8-9H,4-7H2,2H3/t8-/m0/s1. The summed E-state index contributed by atoms with van der Waals surface area (Å²) in [4.78, 5) is 0. The second kappa shape index (κ2) is 5.65. The minimum absolute atomic E-state index is 0.164. The third-order valence-corrected chi connectivity index (χ3v) is 1.19. The van der Waals surface area contributed by atoms with E-state index in [1.165, 1.54) is 0 Å². The fraction of sp³-hybridized carbons (Fsp3) is 0.750. The minimum atomic E-state index is -0.164. The molecule has 0 amide bonds. The number of aliphatic hydroxyl groups is 1. The molecule has 0 aliphatic carbocycles. The fourth-order valence-corrected chi connectivity index (χ4v) is 0.667. The average Bonchev–Trinajstić information content (AvgIpc) is 1.80. The van der Waals surface area contributed by atoms with Gasteiger partial charge in [-0.2, -0.15) is 0 Å². The van der Waals surface area contributed by atoms with Gasteiger partial charge in [-0.15, -0.1) is 12.3 Å². The molecule has 52 valence electrons. The second-order valence-electron chi connectivity index (χ2n) is 2.30. The summed E-state index contributed by atoms with van der Waals surface area (Å²) in [6, 6.07) is 0. The Kier molecular flexibility index (Phi) is 5.35. The van der Waals surface area contributed by atoms with E-state index in [9.17, 15) is 0 Å². The van der Waals surface area contributed by atoms with E-state index in [0.717, 1.165) is 25.7 Å². The molecule has 0 aromatic rings. The van der Waals surface area contributed by atoms with Crippen molar-refractivity contribution in [3.05, 3.63) is 0 Å². The second-order valence-corrected chi connectivity index (χ2v) is 2.30. The Balaban J connectivity index is 2.85. The van der Waals surface area contributed by atoms with Crippen LogP contribution in [0.5, 0.6) is 0 Å². The van der Waals surface area contributed by atoms with Crippen molar-refractivity contribution in [1.29, 1.82) is 0 Å². The topological polar surface area (TPSA) is 20.2 Å². The molecule has 1 atom stereocenters. The van der Waals surface area contributed by atoms with Gasteiger partial charge >= 0.3 is 0 Å². The lowest BCUT2D eigenvalue weighted by atomic mass is 10.1. The molecule has 0 fully saturated rings. The number of hydrogen-bond donors (Lipinski definition) is 1. The van der Waals surface area contributed by atoms with Crippen molar-refractivity contribution in [3.8, 4) is 12.3 Å². The smallest absolute Gasteiger partial charge is 0.0512 e. The van der Waals surface area contributed by atoms with Crippen molar-refractivity contribution in [3.63, 3.8) is 0 Å². The first kappa shape index (κ1) is 8.52. The zero-order valence-electron chi connectivity index (χ0n) is 5.93. The Bertz CT molecular complexity index is 89.2. The molecular weight excluding hydrogens is 112 g/mol. The first-order valence-corrected chi connectivity index (χ1v) is 3.39. The van der Waals surface area contributed by atoms with E-state index in [2.05, 4.69) is 5.92 Å². The van der Waals surface area contributed by atoms with Crippen LogP contribution in [0.15, 0.2) is 0 Å². The van der Waals surface area contributed by atoms with Crippen LogP contribution in [0.3, 0.4) is 0 Å². The number of rotatable bonds is 4. The molecule has 0 aromatic heterocycles. The molecule has 0 spiro atoms. The normalized spacial score (nSPS) is 12.6. The molecule has 1 N–H and O–H groups in total. The van der Waals surface area contributed by atoms with Crippen LogP contribution < -0.4 is 0 Å². The van der Waals surface area contributed by atoms with Gasteiger partial charge in [-0.3, -0.25) is 0 Å². The van der Waals surface area contributed by atoms with Gasteiger partial charge in [-0.1, -0.05) is 0 Å². The van der Waals surface area contributed by atoms with Gasteiger partial charge in [0, 0.05) is 6.42 Å². The predicted molar refractivity (Wildman–Crippen MR) is 39.0 cm³/mol. The monoisotopic (exact) mass is 126 g/mol. The maximum atomic E-state index is 8.80. The molecule has 0 aliphatic heterocycles. The molecular formula is C8H14O. The lowest BCUT2D eigenvalue weighted by molar-refractivity contribution is 0.181. The molecule has 0 aromatic carbocycles. The fourth-order valence-electron chi connectivity index (χ4n) is 0.667. The Morgan fingerprint density at radius 2 is 2.22 bits per heavy atom. The molecule has 0 unspecified atom stereocenters. The lowest BCUT2D eigenvalue weighted by Gasteiger charge is -1.99. The first-order valence-electron chi connectivity index (χ1n) is 3.39. The number of hydrogen-bond acceptors (Lipinski definition) is 1. The average molecular weight is 126 g/mol. The summed E-state index contributed by atoms with van der Waals surface area (Å²) in [5.74, 6) is 2.56. The highest BCUT2D eigenvalue weighted by Crippen LogP contribution is 2.01. The van der Waals surface area contributed by atoms with E-state index in [1.54, 1.807) is 6.92 Å². The molecule has 0 aliphatic rings. The Labute approximate surface area is 57.1 Å². The van der Waals surface area contributed by atoms with Gasteiger partial charge in [0.25, 0.3) is 0 Å². The van der Waals surface area contributed by atoms with Crippen molar-refractivity contribution in [1.82, 2.24) is 0 Å². The van der Waals surface area contributed by atoms with E-state index in [0.29, 0.717) is 0 Å². The van der Waals surface area contributed by atoms with Gasteiger partial charge in [-0.05, 0) is 26.2 Å². The van der Waals surface area contributed by atoms with Gasteiger partial charge in [0.2, 0.25) is 0 Å². The lowest BCUT2D eigenvalue weighted by Crippen LogP contribution is -1.97. The van der Waals surface area contributed by atoms with Crippen LogP contribution in [-0.2, 0) is 0 Å². The molecule has 0 heterocycles. The highest BCUT2D eigenvalue weighted by atomic mass is 16.3. The van der Waals surface area contributed by atoms with Gasteiger partial charge in [-0.25, -0.2) is 0 Å². The summed E-state index contributed by atoms with van der Waals surface area (Å²) < 4.78 is 0. The van der Waals surface area contributed by atoms with Crippen molar-refractivity contribution in [2.24, 2.45) is 0 Å². The van der Waals surface area contributed by atoms with Gasteiger partial charge in [0.05, 0.1) is 6.10 Å². The van der Waals surface area contributed by atoms with Gasteiger partial charge in [0.15, 0.2) is 0 Å². The summed E-state index contributed by atoms with van der Waals surface area (Å²) in [7, 11) is 0. The summed E-state index contributed by atoms with van der Waals surface area (Å²) in [6.45, 7) is 1.80. The first-order chi connectivity index (χ1) is 4.27. The SMILES string of the molecule is C#CCCCC[C@H](C)O. The van der Waals surface area contributed by atoms with E-state index in [1.807, 2.05) is 0 Å². The third kappa shape index (κ3) is 7.52. The van der Waals surface area contributed by atoms with Crippen LogP contribution in [0.1, 0.15) is 32.6 Å². The van der Waals surface area contributed by atoms with Gasteiger partial charge < -0.3 is 5.11 Å². The highest BCUT2D eigenvalue weighted by Gasteiger charge is 1.92. The predicted octanol–water partition coefficient (Wildman–Crippen LogP) is 1.56. The molecule has 1 heteroatoms. The number of unbranched alkanes of at least 4 members (excludes halogenated alkanes) is 2. The molecule has 1 nitrogen and oxygen atoms in total.